The van der Waals surface area contributed by atoms with Crippen molar-refractivity contribution in [3.63, 3.8) is 0 Å². The van der Waals surface area contributed by atoms with Crippen molar-refractivity contribution in [3.8, 4) is 0 Å². The van der Waals surface area contributed by atoms with Crippen LogP contribution >= 0.6 is 0 Å². The Kier molecular flexibility index (Phi) is 38.1. The molecule has 0 fully saturated rings. The van der Waals surface area contributed by atoms with E-state index in [1.54, 1.807) is 6.08 Å². The van der Waals surface area contributed by atoms with Crippen LogP contribution in [0, 0.1) is 0 Å². The van der Waals surface area contributed by atoms with E-state index >= 15 is 0 Å². The number of nitrogens with one attached hydrogen (secondary N) is 1. The van der Waals surface area contributed by atoms with E-state index in [-0.39, 0.29) is 18.9 Å². The highest BCUT2D eigenvalue weighted by molar-refractivity contribution is 5.76. The van der Waals surface area contributed by atoms with E-state index in [0.29, 0.717) is 6.42 Å². The zero-order valence-corrected chi connectivity index (χ0v) is 32.4. The number of aliphatic hydroxyl groups is 3. The molecular formula is C43H85NO4. The van der Waals surface area contributed by atoms with Gasteiger partial charge in [0.2, 0.25) is 5.91 Å². The summed E-state index contributed by atoms with van der Waals surface area (Å²) in [4.78, 5) is 12.4. The Balaban J connectivity index is 3.58. The SMILES string of the molecule is CCCCCCCCCCCCCCCCCCCCCCCC/C=C/C(O)C(CO)NC(=O)CC(O)CCCCCCCCCCC. The van der Waals surface area contributed by atoms with Crippen LogP contribution in [0.25, 0.3) is 0 Å². The molecule has 4 N–H and O–H groups in total. The predicted molar refractivity (Wildman–Crippen MR) is 208 cm³/mol. The fourth-order valence-electron chi connectivity index (χ4n) is 6.75. The Bertz CT molecular complexity index is 669. The molecule has 5 nitrogen and oxygen atoms in total. The first kappa shape index (κ1) is 47.1. The van der Waals surface area contributed by atoms with Crippen LogP contribution in [0.2, 0.25) is 0 Å². The van der Waals surface area contributed by atoms with Crippen molar-refractivity contribution >= 4 is 5.91 Å². The molecule has 5 heteroatoms. The lowest BCUT2D eigenvalue weighted by Crippen LogP contribution is -2.45. The fourth-order valence-corrected chi connectivity index (χ4v) is 6.75. The van der Waals surface area contributed by atoms with Crippen molar-refractivity contribution in [3.05, 3.63) is 12.2 Å². The second-order valence-electron chi connectivity index (χ2n) is 15.0. The molecular weight excluding hydrogens is 594 g/mol. The second-order valence-corrected chi connectivity index (χ2v) is 15.0. The highest BCUT2D eigenvalue weighted by atomic mass is 16.3. The molecule has 0 saturated carbocycles. The predicted octanol–water partition coefficient (Wildman–Crippen LogP) is 12.0. The summed E-state index contributed by atoms with van der Waals surface area (Å²) in [6.07, 6.45) is 45.1. The molecule has 0 saturated heterocycles. The smallest absolute Gasteiger partial charge is 0.222 e. The molecule has 0 spiro atoms. The normalized spacial score (nSPS) is 13.7. The summed E-state index contributed by atoms with van der Waals surface area (Å²) in [5.74, 6) is -0.315. The highest BCUT2D eigenvalue weighted by Gasteiger charge is 2.20. The first-order valence-electron chi connectivity index (χ1n) is 21.5. The minimum absolute atomic E-state index is 0.0173. The van der Waals surface area contributed by atoms with Crippen LogP contribution in [0.1, 0.15) is 232 Å². The van der Waals surface area contributed by atoms with Gasteiger partial charge in [0.1, 0.15) is 0 Å². The maximum atomic E-state index is 12.4. The lowest BCUT2D eigenvalue weighted by Gasteiger charge is -2.21. The van der Waals surface area contributed by atoms with Crippen LogP contribution < -0.4 is 5.32 Å². The molecule has 286 valence electrons. The van der Waals surface area contributed by atoms with Gasteiger partial charge < -0.3 is 20.6 Å². The third-order valence-corrected chi connectivity index (χ3v) is 10.1. The Morgan fingerprint density at radius 1 is 0.521 bits per heavy atom. The van der Waals surface area contributed by atoms with Crippen LogP contribution in [0.3, 0.4) is 0 Å². The van der Waals surface area contributed by atoms with Gasteiger partial charge >= 0.3 is 0 Å². The molecule has 0 aromatic rings. The van der Waals surface area contributed by atoms with Gasteiger partial charge in [0.15, 0.2) is 0 Å². The summed E-state index contributed by atoms with van der Waals surface area (Å²) in [6, 6.07) is -0.738. The number of amides is 1. The van der Waals surface area contributed by atoms with Crippen molar-refractivity contribution in [1.29, 1.82) is 0 Å². The van der Waals surface area contributed by atoms with Gasteiger partial charge in [0, 0.05) is 0 Å². The van der Waals surface area contributed by atoms with Gasteiger partial charge in [-0.3, -0.25) is 4.79 Å². The minimum Gasteiger partial charge on any atom is -0.394 e. The largest absolute Gasteiger partial charge is 0.394 e. The maximum Gasteiger partial charge on any atom is 0.222 e. The fraction of sp³-hybridized carbons (Fsp3) is 0.930. The van der Waals surface area contributed by atoms with Crippen LogP contribution in [0.5, 0.6) is 0 Å². The van der Waals surface area contributed by atoms with E-state index in [1.807, 2.05) is 6.08 Å². The van der Waals surface area contributed by atoms with Gasteiger partial charge in [-0.1, -0.05) is 219 Å². The Hall–Kier alpha value is -0.910. The van der Waals surface area contributed by atoms with Crippen LogP contribution in [-0.4, -0.2) is 46.1 Å². The summed E-state index contributed by atoms with van der Waals surface area (Å²) < 4.78 is 0. The van der Waals surface area contributed by atoms with E-state index in [1.165, 1.54) is 180 Å². The zero-order valence-electron chi connectivity index (χ0n) is 32.4. The van der Waals surface area contributed by atoms with Crippen molar-refractivity contribution in [2.75, 3.05) is 6.61 Å². The van der Waals surface area contributed by atoms with Crippen molar-refractivity contribution in [2.45, 2.75) is 250 Å². The number of unbranched alkanes of at least 4 members (excludes halogenated alkanes) is 30. The monoisotopic (exact) mass is 680 g/mol. The first-order chi connectivity index (χ1) is 23.5. The van der Waals surface area contributed by atoms with Crippen molar-refractivity contribution < 1.29 is 20.1 Å². The topological polar surface area (TPSA) is 89.8 Å². The Morgan fingerprint density at radius 2 is 0.854 bits per heavy atom. The maximum absolute atomic E-state index is 12.4. The number of hydrogen-bond acceptors (Lipinski definition) is 4. The molecule has 0 rings (SSSR count). The summed E-state index contributed by atoms with van der Waals surface area (Å²) in [5, 5.41) is 33.1. The van der Waals surface area contributed by atoms with E-state index in [4.69, 9.17) is 0 Å². The molecule has 0 heterocycles. The standard InChI is InChI=1S/C43H85NO4/c1-3-5-7-9-11-13-14-15-16-17-18-19-20-21-22-23-24-25-26-27-29-31-33-35-37-42(47)41(39-45)44-43(48)38-40(46)36-34-32-30-28-12-10-8-6-4-2/h35,37,40-42,45-47H,3-34,36,38-39H2,1-2H3,(H,44,48)/b37-35+. The Labute approximate surface area is 299 Å². The van der Waals surface area contributed by atoms with Crippen molar-refractivity contribution in [2.24, 2.45) is 0 Å². The minimum atomic E-state index is -0.923. The molecule has 0 aromatic carbocycles. The molecule has 0 aliphatic heterocycles. The number of carbonyl (C=O) groups is 1. The molecule has 0 aliphatic carbocycles. The van der Waals surface area contributed by atoms with Crippen LogP contribution in [-0.2, 0) is 4.79 Å². The van der Waals surface area contributed by atoms with E-state index < -0.39 is 18.2 Å². The number of allylic oxidation sites excluding steroid dienone is 1. The number of carbonyl (C=O) groups excluding carboxylic acids is 1. The Morgan fingerprint density at radius 3 is 1.21 bits per heavy atom. The molecule has 3 atom stereocenters. The van der Waals surface area contributed by atoms with Crippen LogP contribution in [0.4, 0.5) is 0 Å². The lowest BCUT2D eigenvalue weighted by molar-refractivity contribution is -0.124. The van der Waals surface area contributed by atoms with E-state index in [2.05, 4.69) is 19.2 Å². The van der Waals surface area contributed by atoms with Gasteiger partial charge in [-0.2, -0.15) is 0 Å². The number of hydrogen-bond donors (Lipinski definition) is 4. The number of aliphatic hydroxyl groups excluding tert-OH is 3. The molecule has 0 bridgehead atoms. The number of rotatable bonds is 39. The first-order valence-corrected chi connectivity index (χ1v) is 21.5. The van der Waals surface area contributed by atoms with Gasteiger partial charge in [-0.05, 0) is 19.3 Å². The second kappa shape index (κ2) is 38.9. The summed E-state index contributed by atoms with van der Waals surface area (Å²) in [6.45, 7) is 4.20. The average molecular weight is 680 g/mol. The van der Waals surface area contributed by atoms with Gasteiger partial charge in [-0.25, -0.2) is 0 Å². The van der Waals surface area contributed by atoms with Gasteiger partial charge in [0.05, 0.1) is 31.3 Å². The van der Waals surface area contributed by atoms with E-state index in [0.717, 1.165) is 25.7 Å². The van der Waals surface area contributed by atoms with Gasteiger partial charge in [-0.15, -0.1) is 0 Å². The quantitative estimate of drug-likeness (QED) is 0.0384. The summed E-state index contributed by atoms with van der Waals surface area (Å²) in [7, 11) is 0. The van der Waals surface area contributed by atoms with Crippen LogP contribution in [0.15, 0.2) is 12.2 Å². The third-order valence-electron chi connectivity index (χ3n) is 10.1. The van der Waals surface area contributed by atoms with Crippen molar-refractivity contribution in [1.82, 2.24) is 5.32 Å². The highest BCUT2D eigenvalue weighted by Crippen LogP contribution is 2.16. The molecule has 48 heavy (non-hydrogen) atoms. The molecule has 3 unspecified atom stereocenters. The van der Waals surface area contributed by atoms with E-state index in [9.17, 15) is 20.1 Å². The zero-order chi connectivity index (χ0) is 35.2. The molecule has 1 amide bonds. The molecule has 0 aliphatic rings. The summed E-state index contributed by atoms with van der Waals surface area (Å²) >= 11 is 0. The summed E-state index contributed by atoms with van der Waals surface area (Å²) in [5.41, 5.74) is 0. The third kappa shape index (κ3) is 34.9. The molecule has 0 aromatic heterocycles. The molecule has 0 radical (unpaired) electrons. The average Bonchev–Trinajstić information content (AvgIpc) is 3.08. The van der Waals surface area contributed by atoms with Gasteiger partial charge in [0.25, 0.3) is 0 Å². The lowest BCUT2D eigenvalue weighted by atomic mass is 10.0.